The van der Waals surface area contributed by atoms with Crippen molar-refractivity contribution in [3.05, 3.63) is 59.7 Å². The fourth-order valence-electron chi connectivity index (χ4n) is 3.72. The van der Waals surface area contributed by atoms with Gasteiger partial charge in [0.2, 0.25) is 0 Å². The number of nitrogens with zero attached hydrogens (tertiary/aromatic N) is 2. The van der Waals surface area contributed by atoms with E-state index in [0.717, 1.165) is 19.5 Å². The fourth-order valence-corrected chi connectivity index (χ4v) is 3.72. The van der Waals surface area contributed by atoms with E-state index in [-0.39, 0.29) is 0 Å². The van der Waals surface area contributed by atoms with E-state index in [0.29, 0.717) is 0 Å². The van der Waals surface area contributed by atoms with Crippen molar-refractivity contribution < 1.29 is 0 Å². The Morgan fingerprint density at radius 3 is 2.25 bits per heavy atom. The highest BCUT2D eigenvalue weighted by Crippen LogP contribution is 2.30. The van der Waals surface area contributed by atoms with Crippen LogP contribution in [0.4, 0.5) is 11.4 Å². The lowest BCUT2D eigenvalue weighted by Gasteiger charge is -2.31. The topological polar surface area (TPSA) is 6.48 Å². The first-order chi connectivity index (χ1) is 11.8. The zero-order chi connectivity index (χ0) is 16.8. The zero-order valence-electron chi connectivity index (χ0n) is 15.2. The summed E-state index contributed by atoms with van der Waals surface area (Å²) in [7, 11) is 0. The Kier molecular flexibility index (Phi) is 5.79. The second-order valence-corrected chi connectivity index (χ2v) is 6.70. The maximum Gasteiger partial charge on any atom is 0.0422 e. The Labute approximate surface area is 147 Å². The van der Waals surface area contributed by atoms with Crippen LogP contribution in [0.3, 0.4) is 0 Å². The van der Waals surface area contributed by atoms with Crippen LogP contribution in [-0.2, 0) is 6.42 Å². The number of hydrogen-bond donors (Lipinski definition) is 0. The van der Waals surface area contributed by atoms with E-state index in [9.17, 15) is 0 Å². The van der Waals surface area contributed by atoms with E-state index in [4.69, 9.17) is 0 Å². The van der Waals surface area contributed by atoms with Crippen LogP contribution in [0.15, 0.2) is 48.5 Å². The summed E-state index contributed by atoms with van der Waals surface area (Å²) in [6, 6.07) is 17.9. The third-order valence-corrected chi connectivity index (χ3v) is 5.13. The van der Waals surface area contributed by atoms with Gasteiger partial charge in [-0.25, -0.2) is 0 Å². The van der Waals surface area contributed by atoms with Crippen molar-refractivity contribution >= 4 is 11.4 Å². The first-order valence-electron chi connectivity index (χ1n) is 9.48. The molecule has 3 rings (SSSR count). The monoisotopic (exact) mass is 322 g/mol. The quantitative estimate of drug-likeness (QED) is 0.729. The van der Waals surface area contributed by atoms with Gasteiger partial charge in [0.15, 0.2) is 0 Å². The largest absolute Gasteiger partial charge is 0.372 e. The second kappa shape index (κ2) is 8.23. The molecular formula is C22H30N2. The van der Waals surface area contributed by atoms with Gasteiger partial charge in [0.25, 0.3) is 0 Å². The predicted molar refractivity (Wildman–Crippen MR) is 105 cm³/mol. The van der Waals surface area contributed by atoms with E-state index in [2.05, 4.69) is 72.2 Å². The van der Waals surface area contributed by atoms with E-state index >= 15 is 0 Å². The average Bonchev–Trinajstić information content (AvgIpc) is 2.65. The molecule has 1 saturated heterocycles. The molecule has 2 aromatic rings. The molecule has 0 unspecified atom stereocenters. The maximum absolute atomic E-state index is 2.56. The lowest BCUT2D eigenvalue weighted by Crippen LogP contribution is -2.30. The van der Waals surface area contributed by atoms with Crippen LogP contribution in [0, 0.1) is 0 Å². The minimum absolute atomic E-state index is 1.01. The Hall–Kier alpha value is -1.96. The first-order valence-corrected chi connectivity index (χ1v) is 9.48. The Morgan fingerprint density at radius 2 is 1.58 bits per heavy atom. The summed E-state index contributed by atoms with van der Waals surface area (Å²) in [5, 5.41) is 0. The molecule has 2 nitrogen and oxygen atoms in total. The SMILES string of the molecule is CCN(CC)c1cc(N2CCCCC2)ccc1Cc1ccccc1. The normalized spacial score (nSPS) is 14.7. The molecule has 1 aliphatic heterocycles. The van der Waals surface area contributed by atoms with Crippen LogP contribution in [0.25, 0.3) is 0 Å². The van der Waals surface area contributed by atoms with Gasteiger partial charge in [-0.1, -0.05) is 36.4 Å². The van der Waals surface area contributed by atoms with E-state index < -0.39 is 0 Å². The second-order valence-electron chi connectivity index (χ2n) is 6.70. The molecule has 1 fully saturated rings. The molecule has 0 N–H and O–H groups in total. The van der Waals surface area contributed by atoms with Crippen molar-refractivity contribution in [2.45, 2.75) is 39.5 Å². The van der Waals surface area contributed by atoms with Gasteiger partial charge in [-0.15, -0.1) is 0 Å². The number of hydrogen-bond acceptors (Lipinski definition) is 2. The van der Waals surface area contributed by atoms with Crippen molar-refractivity contribution in [2.75, 3.05) is 36.0 Å². The number of piperidine rings is 1. The molecule has 0 amide bonds. The fraction of sp³-hybridized carbons (Fsp3) is 0.455. The Morgan fingerprint density at radius 1 is 0.875 bits per heavy atom. The summed E-state index contributed by atoms with van der Waals surface area (Å²) in [5.74, 6) is 0. The molecule has 2 aromatic carbocycles. The molecule has 24 heavy (non-hydrogen) atoms. The molecule has 1 heterocycles. The highest BCUT2D eigenvalue weighted by atomic mass is 15.1. The molecule has 0 radical (unpaired) electrons. The van der Waals surface area contributed by atoms with Gasteiger partial charge < -0.3 is 9.80 Å². The van der Waals surface area contributed by atoms with Gasteiger partial charge in [-0.3, -0.25) is 0 Å². The highest BCUT2D eigenvalue weighted by molar-refractivity contribution is 5.64. The summed E-state index contributed by atoms with van der Waals surface area (Å²) >= 11 is 0. The average molecular weight is 322 g/mol. The summed E-state index contributed by atoms with van der Waals surface area (Å²) in [6.45, 7) is 9.03. The van der Waals surface area contributed by atoms with Crippen molar-refractivity contribution in [2.24, 2.45) is 0 Å². The Balaban J connectivity index is 1.91. The smallest absolute Gasteiger partial charge is 0.0422 e. The van der Waals surface area contributed by atoms with Crippen LogP contribution in [0.2, 0.25) is 0 Å². The summed E-state index contributed by atoms with van der Waals surface area (Å²) in [4.78, 5) is 5.05. The van der Waals surface area contributed by atoms with Gasteiger partial charge >= 0.3 is 0 Å². The van der Waals surface area contributed by atoms with E-state index in [1.54, 1.807) is 0 Å². The molecular weight excluding hydrogens is 292 g/mol. The van der Waals surface area contributed by atoms with Crippen LogP contribution in [0.5, 0.6) is 0 Å². The summed E-state index contributed by atoms with van der Waals surface area (Å²) in [6.07, 6.45) is 5.04. The number of rotatable bonds is 6. The van der Waals surface area contributed by atoms with Gasteiger partial charge in [0, 0.05) is 37.6 Å². The van der Waals surface area contributed by atoms with E-state index in [1.807, 2.05) is 0 Å². The standard InChI is InChI=1S/C22H30N2/c1-3-23(4-2)22-18-21(24-15-9-6-10-16-24)14-13-20(22)17-19-11-7-5-8-12-19/h5,7-8,11-14,18H,3-4,6,9-10,15-17H2,1-2H3. The predicted octanol–water partition coefficient (Wildman–Crippen LogP) is 5.11. The lowest BCUT2D eigenvalue weighted by molar-refractivity contribution is 0.578. The summed E-state index contributed by atoms with van der Waals surface area (Å²) < 4.78 is 0. The molecule has 0 aliphatic carbocycles. The number of benzene rings is 2. The molecule has 0 atom stereocenters. The molecule has 0 saturated carbocycles. The third-order valence-electron chi connectivity index (χ3n) is 5.13. The Bertz CT molecular complexity index is 626. The third kappa shape index (κ3) is 3.92. The number of anilines is 2. The lowest BCUT2D eigenvalue weighted by atomic mass is 10.0. The zero-order valence-corrected chi connectivity index (χ0v) is 15.2. The van der Waals surface area contributed by atoms with E-state index in [1.165, 1.54) is 54.9 Å². The van der Waals surface area contributed by atoms with Crippen LogP contribution in [-0.4, -0.2) is 26.2 Å². The highest BCUT2D eigenvalue weighted by Gasteiger charge is 2.15. The van der Waals surface area contributed by atoms with Crippen LogP contribution >= 0.6 is 0 Å². The van der Waals surface area contributed by atoms with Crippen molar-refractivity contribution in [1.82, 2.24) is 0 Å². The summed E-state index contributed by atoms with van der Waals surface area (Å²) in [5.41, 5.74) is 5.63. The van der Waals surface area contributed by atoms with Crippen molar-refractivity contribution in [3.63, 3.8) is 0 Å². The van der Waals surface area contributed by atoms with Crippen molar-refractivity contribution in [3.8, 4) is 0 Å². The minimum atomic E-state index is 1.01. The molecule has 0 spiro atoms. The van der Waals surface area contributed by atoms with Gasteiger partial charge in [0.05, 0.1) is 0 Å². The van der Waals surface area contributed by atoms with Crippen molar-refractivity contribution in [1.29, 1.82) is 0 Å². The van der Waals surface area contributed by atoms with Crippen LogP contribution < -0.4 is 9.80 Å². The molecule has 0 aromatic heterocycles. The maximum atomic E-state index is 2.56. The molecule has 128 valence electrons. The molecule has 0 bridgehead atoms. The molecule has 1 aliphatic rings. The minimum Gasteiger partial charge on any atom is -0.372 e. The van der Waals surface area contributed by atoms with Crippen LogP contribution in [0.1, 0.15) is 44.2 Å². The van der Waals surface area contributed by atoms with Gasteiger partial charge in [-0.05, 0) is 62.8 Å². The molecule has 2 heteroatoms. The van der Waals surface area contributed by atoms with Gasteiger partial charge in [-0.2, -0.15) is 0 Å². The first kappa shape index (κ1) is 16.9. The van der Waals surface area contributed by atoms with Gasteiger partial charge in [0.1, 0.15) is 0 Å².